The molecule has 49 heavy (non-hydrogen) atoms. The lowest BCUT2D eigenvalue weighted by Gasteiger charge is -2.36. The number of aromatic nitrogens is 1. The Morgan fingerprint density at radius 2 is 1.73 bits per heavy atom. The minimum absolute atomic E-state index is 0.0377. The molecule has 5 N–H and O–H groups in total. The molecular formula is C38H37BN2O8. The quantitative estimate of drug-likeness (QED) is 0.0873. The van der Waals surface area contributed by atoms with Gasteiger partial charge in [-0.15, -0.1) is 0 Å². The lowest BCUT2D eigenvalue weighted by molar-refractivity contribution is -0.123. The van der Waals surface area contributed by atoms with Crippen LogP contribution in [0.3, 0.4) is 0 Å². The fourth-order valence-electron chi connectivity index (χ4n) is 6.95. The van der Waals surface area contributed by atoms with Crippen LogP contribution >= 0.6 is 0 Å². The molecule has 11 heteroatoms. The molecule has 0 saturated carbocycles. The van der Waals surface area contributed by atoms with E-state index in [4.69, 9.17) is 4.74 Å². The van der Waals surface area contributed by atoms with E-state index in [1.54, 1.807) is 42.6 Å². The van der Waals surface area contributed by atoms with Crippen molar-refractivity contribution in [1.29, 1.82) is 0 Å². The van der Waals surface area contributed by atoms with Crippen LogP contribution in [0.1, 0.15) is 30.5 Å². The minimum Gasteiger partial charge on any atom is -0.508 e. The smallest absolute Gasteiger partial charge is 0.488 e. The van der Waals surface area contributed by atoms with Crippen molar-refractivity contribution in [3.05, 3.63) is 126 Å². The van der Waals surface area contributed by atoms with Crippen LogP contribution in [0.5, 0.6) is 11.5 Å². The van der Waals surface area contributed by atoms with Gasteiger partial charge in [-0.2, -0.15) is 0 Å². The average molecular weight is 661 g/mol. The van der Waals surface area contributed by atoms with Crippen molar-refractivity contribution in [3.8, 4) is 11.5 Å². The summed E-state index contributed by atoms with van der Waals surface area (Å²) >= 11 is 0. The van der Waals surface area contributed by atoms with Gasteiger partial charge in [-0.3, -0.25) is 19.5 Å². The number of carbonyl (C=O) groups excluding carboxylic acids is 2. The Hall–Kier alpha value is -5.07. The number of allylic oxidation sites excluding steroid dienone is 1. The zero-order valence-electron chi connectivity index (χ0n) is 26.7. The number of ether oxygens (including phenoxy) is 1. The number of para-hydroxylation sites is 1. The molecule has 2 amide bonds. The molecule has 6 rings (SSSR count). The molecule has 0 unspecified atom stereocenters. The maximum atomic E-state index is 14.0. The van der Waals surface area contributed by atoms with Crippen molar-refractivity contribution in [3.63, 3.8) is 0 Å². The highest BCUT2D eigenvalue weighted by Crippen LogP contribution is 2.47. The van der Waals surface area contributed by atoms with Gasteiger partial charge in [-0.25, -0.2) is 0 Å². The van der Waals surface area contributed by atoms with Crippen molar-refractivity contribution in [2.45, 2.75) is 25.4 Å². The number of rotatable bonds is 12. The van der Waals surface area contributed by atoms with Gasteiger partial charge >= 0.3 is 7.12 Å². The molecule has 1 aromatic heterocycles. The van der Waals surface area contributed by atoms with Crippen molar-refractivity contribution in [2.75, 3.05) is 18.1 Å². The molecular weight excluding hydrogens is 623 g/mol. The Kier molecular flexibility index (Phi) is 10.4. The van der Waals surface area contributed by atoms with E-state index < -0.39 is 49.4 Å². The summed E-state index contributed by atoms with van der Waals surface area (Å²) in [7, 11) is -1.79. The van der Waals surface area contributed by atoms with Crippen LogP contribution in [0.4, 0.5) is 5.69 Å². The van der Waals surface area contributed by atoms with E-state index in [1.165, 1.54) is 18.2 Å². The third-order valence-corrected chi connectivity index (χ3v) is 9.21. The first-order valence-electron chi connectivity index (χ1n) is 16.2. The Bertz CT molecular complexity index is 1860. The molecule has 0 spiro atoms. The molecule has 1 aliphatic heterocycles. The van der Waals surface area contributed by atoms with Crippen molar-refractivity contribution in [2.24, 2.45) is 17.8 Å². The highest BCUT2D eigenvalue weighted by molar-refractivity contribution is 6.58. The van der Waals surface area contributed by atoms with Gasteiger partial charge in [0.05, 0.1) is 35.9 Å². The van der Waals surface area contributed by atoms with Gasteiger partial charge in [0, 0.05) is 12.1 Å². The second-order valence-corrected chi connectivity index (χ2v) is 12.3. The lowest BCUT2D eigenvalue weighted by atomic mass is 9.68. The summed E-state index contributed by atoms with van der Waals surface area (Å²) in [6.45, 7) is -0.451. The van der Waals surface area contributed by atoms with Crippen LogP contribution in [0.25, 0.3) is 11.6 Å². The van der Waals surface area contributed by atoms with Crippen LogP contribution in [-0.2, 0) is 9.59 Å². The average Bonchev–Trinajstić information content (AvgIpc) is 3.37. The number of aromatic hydroxyl groups is 1. The first-order chi connectivity index (χ1) is 23.7. The molecule has 1 fully saturated rings. The highest BCUT2D eigenvalue weighted by Gasteiger charge is 2.55. The SMILES string of the molecule is O=C1[C@@H]2[C@@H](CC(COc3ccccc3)=C([C@H](O)CC/C(=C/c3cccc(O)c3)c3ccccn3)[C@@H]2CO)C(=O)N1c1cccc(B(O)O)c1. The number of anilines is 1. The Morgan fingerprint density at radius 3 is 2.45 bits per heavy atom. The van der Waals surface area contributed by atoms with E-state index in [2.05, 4.69) is 4.98 Å². The van der Waals surface area contributed by atoms with Crippen molar-refractivity contribution in [1.82, 2.24) is 4.98 Å². The van der Waals surface area contributed by atoms with Crippen LogP contribution in [0.2, 0.25) is 0 Å². The standard InChI is InChI=1S/C38H37BN2O8/c42-22-32-35(34(44)16-15-25(33-14-4-5-17-40-33)18-24-8-6-11-29(43)19-24)26(23-49-30-12-2-1-3-13-30)20-31-36(32)38(46)41(37(31)45)28-10-7-9-27(21-28)39(47)48/h1-14,17-19,21,31-32,34,36,42-44,47-48H,15-16,20,22-23H2/b25-18-/t31-,32+,34-,36-/m1/s1. The largest absolute Gasteiger partial charge is 0.508 e. The second-order valence-electron chi connectivity index (χ2n) is 12.3. The summed E-state index contributed by atoms with van der Waals surface area (Å²) < 4.78 is 6.11. The fourth-order valence-corrected chi connectivity index (χ4v) is 6.95. The second kappa shape index (κ2) is 15.0. The zero-order valence-corrected chi connectivity index (χ0v) is 26.7. The van der Waals surface area contributed by atoms with Crippen LogP contribution in [0.15, 0.2) is 114 Å². The number of nitrogens with zero attached hydrogens (tertiary/aromatic N) is 2. The topological polar surface area (TPSA) is 161 Å². The molecule has 4 atom stereocenters. The Labute approximate surface area is 284 Å². The van der Waals surface area contributed by atoms with Gasteiger partial charge in [-0.1, -0.05) is 48.5 Å². The number of aliphatic hydroxyl groups excluding tert-OH is 2. The van der Waals surface area contributed by atoms with Gasteiger partial charge in [-0.05, 0) is 102 Å². The molecule has 1 saturated heterocycles. The molecule has 2 heterocycles. The van der Waals surface area contributed by atoms with Gasteiger partial charge in [0.2, 0.25) is 11.8 Å². The van der Waals surface area contributed by atoms with E-state index in [1.807, 2.05) is 48.5 Å². The number of fused-ring (bicyclic) bond motifs is 1. The zero-order chi connectivity index (χ0) is 34.5. The number of pyridine rings is 1. The Morgan fingerprint density at radius 1 is 0.959 bits per heavy atom. The molecule has 0 bridgehead atoms. The summed E-state index contributed by atoms with van der Waals surface area (Å²) in [5.74, 6) is -2.90. The number of phenols is 1. The molecule has 0 radical (unpaired) electrons. The van der Waals surface area contributed by atoms with E-state index >= 15 is 0 Å². The number of hydrogen-bond acceptors (Lipinski definition) is 9. The van der Waals surface area contributed by atoms with E-state index in [0.717, 1.165) is 16.0 Å². The highest BCUT2D eigenvalue weighted by atomic mass is 16.5. The van der Waals surface area contributed by atoms with Crippen molar-refractivity contribution < 1.29 is 39.7 Å². The number of hydrogen-bond donors (Lipinski definition) is 5. The number of imide groups is 1. The first-order valence-corrected chi connectivity index (χ1v) is 16.2. The summed E-state index contributed by atoms with van der Waals surface area (Å²) in [6, 6.07) is 27.4. The van der Waals surface area contributed by atoms with Crippen LogP contribution in [-0.4, -0.2) is 68.6 Å². The number of phenolic OH excluding ortho intramolecular Hbond substituents is 1. The third-order valence-electron chi connectivity index (χ3n) is 9.21. The van der Waals surface area contributed by atoms with Gasteiger partial charge in [0.25, 0.3) is 0 Å². The Balaban J connectivity index is 1.34. The lowest BCUT2D eigenvalue weighted by Crippen LogP contribution is -2.40. The van der Waals surface area contributed by atoms with E-state index in [9.17, 15) is 35.0 Å². The maximum absolute atomic E-state index is 14.0. The maximum Gasteiger partial charge on any atom is 0.488 e. The third kappa shape index (κ3) is 7.35. The van der Waals surface area contributed by atoms with E-state index in [-0.39, 0.29) is 36.3 Å². The number of amides is 2. The van der Waals surface area contributed by atoms with Crippen molar-refractivity contribution >= 4 is 41.7 Å². The number of carbonyl (C=O) groups is 2. The molecule has 1 aliphatic carbocycles. The van der Waals surface area contributed by atoms with Gasteiger partial charge in [0.15, 0.2) is 0 Å². The van der Waals surface area contributed by atoms with Crippen LogP contribution < -0.4 is 15.1 Å². The van der Waals surface area contributed by atoms with Crippen LogP contribution in [0, 0.1) is 17.8 Å². The molecule has 4 aromatic rings. The van der Waals surface area contributed by atoms with Gasteiger partial charge in [0.1, 0.15) is 18.1 Å². The molecule has 250 valence electrons. The first kappa shape index (κ1) is 33.8. The summed E-state index contributed by atoms with van der Waals surface area (Å²) in [5, 5.41) is 52.2. The van der Waals surface area contributed by atoms with E-state index in [0.29, 0.717) is 29.0 Å². The summed E-state index contributed by atoms with van der Waals surface area (Å²) in [4.78, 5) is 33.5. The minimum atomic E-state index is -1.79. The normalized spacial score (nSPS) is 20.0. The fraction of sp³-hybridized carbons (Fsp3) is 0.237. The summed E-state index contributed by atoms with van der Waals surface area (Å²) in [5.41, 5.74) is 3.70. The molecule has 3 aromatic carbocycles. The molecule has 10 nitrogen and oxygen atoms in total. The number of benzene rings is 3. The van der Waals surface area contributed by atoms with Gasteiger partial charge < -0.3 is 30.1 Å². The molecule has 2 aliphatic rings. The monoisotopic (exact) mass is 660 g/mol. The number of aliphatic hydroxyl groups is 2. The summed E-state index contributed by atoms with van der Waals surface area (Å²) in [6.07, 6.45) is 3.19. The predicted molar refractivity (Wildman–Crippen MR) is 185 cm³/mol. The predicted octanol–water partition coefficient (Wildman–Crippen LogP) is 3.34.